The third-order valence-corrected chi connectivity index (χ3v) is 4.00. The number of esters is 1. The van der Waals surface area contributed by atoms with E-state index in [1.54, 1.807) is 45.0 Å². The van der Waals surface area contributed by atoms with Crippen LogP contribution in [0.5, 0.6) is 0 Å². The number of benzene rings is 1. The summed E-state index contributed by atoms with van der Waals surface area (Å²) in [6.45, 7) is 5.31. The van der Waals surface area contributed by atoms with Crippen LogP contribution < -0.4 is 0 Å². The zero-order chi connectivity index (χ0) is 18.6. The van der Waals surface area contributed by atoms with Crippen LogP contribution in [-0.4, -0.2) is 23.5 Å². The van der Waals surface area contributed by atoms with Crippen molar-refractivity contribution >= 4 is 17.4 Å². The second kappa shape index (κ2) is 7.31. The van der Waals surface area contributed by atoms with Crippen LogP contribution in [0.1, 0.15) is 32.8 Å². The number of allylic oxidation sites excluding steroid dienone is 2. The van der Waals surface area contributed by atoms with Crippen molar-refractivity contribution in [3.8, 4) is 12.3 Å². The van der Waals surface area contributed by atoms with Crippen molar-refractivity contribution in [3.63, 3.8) is 0 Å². The molecule has 130 valence electrons. The number of ketones is 1. The molecule has 0 bridgehead atoms. The van der Waals surface area contributed by atoms with Gasteiger partial charge in [0.05, 0.1) is 12.3 Å². The number of hydrogen-bond donors (Lipinski definition) is 1. The maximum absolute atomic E-state index is 12.7. The number of hydrogen-bond acceptors (Lipinski definition) is 6. The second-order valence-electron chi connectivity index (χ2n) is 6.40. The Kier molecular flexibility index (Phi) is 5.38. The smallest absolute Gasteiger partial charge is 0.317 e. The van der Waals surface area contributed by atoms with Crippen molar-refractivity contribution in [2.75, 3.05) is 6.61 Å². The molecule has 1 aromatic carbocycles. The van der Waals surface area contributed by atoms with E-state index in [1.807, 2.05) is 0 Å². The molecule has 1 atom stereocenters. The van der Waals surface area contributed by atoms with E-state index in [9.17, 15) is 14.7 Å². The fourth-order valence-electron chi connectivity index (χ4n) is 2.74. The van der Waals surface area contributed by atoms with Crippen LogP contribution >= 0.6 is 0 Å². The lowest BCUT2D eigenvalue weighted by Crippen LogP contribution is -2.42. The predicted octanol–water partition coefficient (Wildman–Crippen LogP) is 3.70. The van der Waals surface area contributed by atoms with Crippen LogP contribution in [0.3, 0.4) is 0 Å². The predicted molar refractivity (Wildman–Crippen MR) is 92.1 cm³/mol. The Labute approximate surface area is 146 Å². The Balaban J connectivity index is 2.32. The number of ether oxygens (including phenoxy) is 1. The zero-order valence-electron chi connectivity index (χ0n) is 14.4. The third kappa shape index (κ3) is 3.94. The van der Waals surface area contributed by atoms with Gasteiger partial charge in [0.1, 0.15) is 11.7 Å². The van der Waals surface area contributed by atoms with Gasteiger partial charge in [0.2, 0.25) is 5.78 Å². The van der Waals surface area contributed by atoms with Gasteiger partial charge < -0.3 is 9.84 Å². The van der Waals surface area contributed by atoms with Crippen LogP contribution in [0.15, 0.2) is 46.0 Å². The Morgan fingerprint density at radius 1 is 1.36 bits per heavy atom. The van der Waals surface area contributed by atoms with Gasteiger partial charge in [-0.15, -0.1) is 11.5 Å². The van der Waals surface area contributed by atoms with Crippen molar-refractivity contribution < 1.29 is 19.4 Å². The Bertz CT molecular complexity index is 783. The first-order valence-corrected chi connectivity index (χ1v) is 7.91. The van der Waals surface area contributed by atoms with Crippen molar-refractivity contribution in [2.24, 2.45) is 21.6 Å². The molecule has 1 aliphatic rings. The molecule has 6 heteroatoms. The van der Waals surface area contributed by atoms with E-state index in [0.29, 0.717) is 11.3 Å². The molecule has 0 heterocycles. The van der Waals surface area contributed by atoms with E-state index in [1.165, 1.54) is 0 Å². The molecule has 1 aliphatic carbocycles. The van der Waals surface area contributed by atoms with Crippen molar-refractivity contribution in [2.45, 2.75) is 27.2 Å². The van der Waals surface area contributed by atoms with Gasteiger partial charge in [-0.3, -0.25) is 9.59 Å². The normalized spacial score (nSPS) is 19.8. The summed E-state index contributed by atoms with van der Waals surface area (Å²) in [7, 11) is 0. The largest absolute Gasteiger partial charge is 0.510 e. The van der Waals surface area contributed by atoms with E-state index in [2.05, 4.69) is 16.1 Å². The molecule has 0 saturated carbocycles. The summed E-state index contributed by atoms with van der Waals surface area (Å²) in [5.74, 6) is 0.0766. The Hall–Kier alpha value is -2.94. The molecule has 0 spiro atoms. The second-order valence-corrected chi connectivity index (χ2v) is 6.40. The molecule has 0 aliphatic heterocycles. The van der Waals surface area contributed by atoms with E-state index < -0.39 is 23.1 Å². The monoisotopic (exact) mass is 340 g/mol. The van der Waals surface area contributed by atoms with Crippen LogP contribution in [0, 0.1) is 23.7 Å². The molecule has 1 N–H and O–H groups in total. The van der Waals surface area contributed by atoms with Gasteiger partial charge in [-0.05, 0) is 36.6 Å². The summed E-state index contributed by atoms with van der Waals surface area (Å²) in [5, 5.41) is 18.0. The highest BCUT2D eigenvalue weighted by atomic mass is 16.5. The number of terminal acetylenes is 1. The van der Waals surface area contributed by atoms with Crippen LogP contribution in [0.2, 0.25) is 0 Å². The van der Waals surface area contributed by atoms with Gasteiger partial charge in [-0.1, -0.05) is 19.8 Å². The van der Waals surface area contributed by atoms with Gasteiger partial charge in [0.15, 0.2) is 5.70 Å². The summed E-state index contributed by atoms with van der Waals surface area (Å²) in [6, 6.07) is 6.68. The van der Waals surface area contributed by atoms with Crippen LogP contribution in [-0.2, 0) is 14.3 Å². The van der Waals surface area contributed by atoms with Crippen LogP contribution in [0.25, 0.3) is 0 Å². The highest BCUT2D eigenvalue weighted by Gasteiger charge is 2.48. The zero-order valence-corrected chi connectivity index (χ0v) is 14.4. The van der Waals surface area contributed by atoms with Crippen molar-refractivity contribution in [1.82, 2.24) is 0 Å². The summed E-state index contributed by atoms with van der Waals surface area (Å²) in [5.41, 5.74) is 0.197. The average Bonchev–Trinajstić information content (AvgIpc) is 2.54. The average molecular weight is 340 g/mol. The fourth-order valence-corrected chi connectivity index (χ4v) is 2.74. The number of rotatable bonds is 4. The minimum absolute atomic E-state index is 0.132. The number of Topliss-reactive ketones (excluding diaryl/α,β-unsaturated/α-hetero) is 1. The molecule has 1 unspecified atom stereocenters. The standard InChI is InChI=1S/C19H20N2O4/c1-5-12-7-9-13(10-8-12)20-21-16-14(22)11-19(3,4)15(17(16)23)18(24)25-6-2/h1,7-10,15,22H,6,11H2,2-4H3/b21-20+. The summed E-state index contributed by atoms with van der Waals surface area (Å²) < 4.78 is 5.00. The highest BCUT2D eigenvalue weighted by Crippen LogP contribution is 2.41. The molecule has 0 radical (unpaired) electrons. The summed E-state index contributed by atoms with van der Waals surface area (Å²) >= 11 is 0. The molecule has 0 amide bonds. The topological polar surface area (TPSA) is 88.3 Å². The SMILES string of the molecule is C#Cc1ccc(/N=N/C2=C(O)CC(C)(C)C(C(=O)OCC)C2=O)cc1. The molecule has 6 nitrogen and oxygen atoms in total. The molecule has 0 aromatic heterocycles. The first kappa shape index (κ1) is 18.4. The number of azo groups is 1. The Morgan fingerprint density at radius 2 is 2.00 bits per heavy atom. The van der Waals surface area contributed by atoms with Crippen molar-refractivity contribution in [3.05, 3.63) is 41.3 Å². The number of nitrogens with zero attached hydrogens (tertiary/aromatic N) is 2. The first-order chi connectivity index (χ1) is 11.8. The van der Waals surface area contributed by atoms with E-state index >= 15 is 0 Å². The quantitative estimate of drug-likeness (QED) is 0.392. The number of aliphatic hydroxyl groups excluding tert-OH is 1. The highest BCUT2D eigenvalue weighted by molar-refractivity contribution is 6.09. The Morgan fingerprint density at radius 3 is 2.56 bits per heavy atom. The van der Waals surface area contributed by atoms with Gasteiger partial charge in [-0.25, -0.2) is 0 Å². The molecule has 1 aromatic rings. The van der Waals surface area contributed by atoms with Crippen LogP contribution in [0.4, 0.5) is 5.69 Å². The molecule has 2 rings (SSSR count). The number of carbonyl (C=O) groups excluding carboxylic acids is 2. The third-order valence-electron chi connectivity index (χ3n) is 4.00. The minimum atomic E-state index is -1.03. The van der Waals surface area contributed by atoms with E-state index in [4.69, 9.17) is 11.2 Å². The van der Waals surface area contributed by atoms with Crippen molar-refractivity contribution in [1.29, 1.82) is 0 Å². The van der Waals surface area contributed by atoms with Gasteiger partial charge in [-0.2, -0.15) is 5.11 Å². The lowest BCUT2D eigenvalue weighted by atomic mass is 9.69. The first-order valence-electron chi connectivity index (χ1n) is 7.91. The molecule has 0 fully saturated rings. The van der Waals surface area contributed by atoms with Gasteiger partial charge in [0, 0.05) is 12.0 Å². The minimum Gasteiger partial charge on any atom is -0.510 e. The van der Waals surface area contributed by atoms with E-state index in [0.717, 1.165) is 0 Å². The molecular formula is C19H20N2O4. The maximum atomic E-state index is 12.7. The van der Waals surface area contributed by atoms with Gasteiger partial charge >= 0.3 is 5.97 Å². The lowest BCUT2D eigenvalue weighted by Gasteiger charge is -2.34. The molecule has 25 heavy (non-hydrogen) atoms. The molecular weight excluding hydrogens is 320 g/mol. The van der Waals surface area contributed by atoms with E-state index in [-0.39, 0.29) is 24.5 Å². The summed E-state index contributed by atoms with van der Waals surface area (Å²) in [6.07, 6.45) is 5.42. The molecule has 0 saturated heterocycles. The lowest BCUT2D eigenvalue weighted by molar-refractivity contribution is -0.156. The number of aliphatic hydroxyl groups is 1. The van der Waals surface area contributed by atoms with Gasteiger partial charge in [0.25, 0.3) is 0 Å². The number of carbonyl (C=O) groups is 2. The maximum Gasteiger partial charge on any atom is 0.317 e. The summed E-state index contributed by atoms with van der Waals surface area (Å²) in [4.78, 5) is 24.9. The fraction of sp³-hybridized carbons (Fsp3) is 0.368.